The highest BCUT2D eigenvalue weighted by Gasteiger charge is 2.04. The largest absolute Gasteiger partial charge is 0.494 e. The first kappa shape index (κ1) is 16.0. The molecule has 22 heavy (non-hydrogen) atoms. The van der Waals surface area contributed by atoms with Crippen LogP contribution in [-0.2, 0) is 0 Å². The normalized spacial score (nSPS) is 9.95. The van der Waals surface area contributed by atoms with Gasteiger partial charge in [-0.25, -0.2) is 8.78 Å². The first-order valence-electron chi connectivity index (χ1n) is 6.59. The van der Waals surface area contributed by atoms with Crippen molar-refractivity contribution in [2.24, 2.45) is 0 Å². The van der Waals surface area contributed by atoms with Gasteiger partial charge in [-0.15, -0.1) is 0 Å². The van der Waals surface area contributed by atoms with Gasteiger partial charge in [-0.2, -0.15) is 0 Å². The summed E-state index contributed by atoms with van der Waals surface area (Å²) in [6.45, 7) is 2.51. The summed E-state index contributed by atoms with van der Waals surface area (Å²) in [6, 6.07) is 10.4. The molecule has 0 amide bonds. The van der Waals surface area contributed by atoms with E-state index < -0.39 is 11.6 Å². The Morgan fingerprint density at radius 3 is 2.50 bits per heavy atom. The fourth-order valence-electron chi connectivity index (χ4n) is 1.68. The molecule has 0 bridgehead atoms. The molecule has 116 valence electrons. The molecule has 0 aromatic heterocycles. The molecule has 0 aliphatic rings. The number of hydrogen-bond acceptors (Lipinski definition) is 3. The third-order valence-corrected chi connectivity index (χ3v) is 2.87. The minimum Gasteiger partial charge on any atom is -0.494 e. The Bertz CT molecular complexity index is 650. The van der Waals surface area contributed by atoms with Crippen molar-refractivity contribution in [3.05, 3.63) is 54.1 Å². The minimum atomic E-state index is -0.712. The summed E-state index contributed by atoms with van der Waals surface area (Å²) in [5.74, 6) is -0.590. The van der Waals surface area contributed by atoms with Crippen LogP contribution < -0.4 is 20.9 Å². The van der Waals surface area contributed by atoms with E-state index in [1.54, 1.807) is 12.1 Å². The van der Waals surface area contributed by atoms with Gasteiger partial charge in [-0.3, -0.25) is 10.9 Å². The maximum absolute atomic E-state index is 13.4. The van der Waals surface area contributed by atoms with Gasteiger partial charge in [0.25, 0.3) is 0 Å². The molecular formula is C15H15F2N3OS. The zero-order chi connectivity index (χ0) is 15.9. The second-order valence-electron chi connectivity index (χ2n) is 4.29. The summed E-state index contributed by atoms with van der Waals surface area (Å²) in [5, 5.41) is 3.16. The van der Waals surface area contributed by atoms with Crippen molar-refractivity contribution in [1.29, 1.82) is 0 Å². The molecule has 0 atom stereocenters. The first-order chi connectivity index (χ1) is 10.6. The van der Waals surface area contributed by atoms with Crippen molar-refractivity contribution in [2.75, 3.05) is 17.3 Å². The monoisotopic (exact) mass is 323 g/mol. The summed E-state index contributed by atoms with van der Waals surface area (Å²) in [4.78, 5) is 0. The van der Waals surface area contributed by atoms with Crippen molar-refractivity contribution < 1.29 is 13.5 Å². The van der Waals surface area contributed by atoms with Gasteiger partial charge in [0.1, 0.15) is 11.6 Å². The first-order valence-corrected chi connectivity index (χ1v) is 7.00. The maximum Gasteiger partial charge on any atom is 0.189 e. The quantitative estimate of drug-likeness (QED) is 0.579. The molecule has 0 fully saturated rings. The molecule has 0 unspecified atom stereocenters. The number of hydrogen-bond donors (Lipinski definition) is 3. The van der Waals surface area contributed by atoms with E-state index in [-0.39, 0.29) is 10.8 Å². The number of anilines is 2. The Labute approximate surface area is 132 Å². The van der Waals surface area contributed by atoms with Crippen LogP contribution in [0.5, 0.6) is 5.75 Å². The smallest absolute Gasteiger partial charge is 0.189 e. The molecule has 2 rings (SSSR count). The van der Waals surface area contributed by atoms with Gasteiger partial charge in [0.2, 0.25) is 0 Å². The molecule has 3 N–H and O–H groups in total. The van der Waals surface area contributed by atoms with Gasteiger partial charge in [0.15, 0.2) is 10.9 Å². The molecule has 0 aliphatic carbocycles. The van der Waals surface area contributed by atoms with Crippen LogP contribution in [0.1, 0.15) is 6.92 Å². The Hall–Kier alpha value is -2.41. The standard InChI is InChI=1S/C15H15F2N3OS/c1-2-21-12-6-4-11(5-7-12)18-15(22)20-19-14-8-3-10(16)9-13(14)17/h3-9,19H,2H2,1H3,(H2,18,20,22). The molecule has 2 aromatic rings. The highest BCUT2D eigenvalue weighted by molar-refractivity contribution is 7.80. The van der Waals surface area contributed by atoms with Gasteiger partial charge < -0.3 is 10.1 Å². The van der Waals surface area contributed by atoms with E-state index in [1.165, 1.54) is 6.07 Å². The van der Waals surface area contributed by atoms with Crippen LogP contribution in [0.15, 0.2) is 42.5 Å². The zero-order valence-corrected chi connectivity index (χ0v) is 12.6. The number of benzene rings is 2. The third kappa shape index (κ3) is 4.56. The topological polar surface area (TPSA) is 45.3 Å². The van der Waals surface area contributed by atoms with Crippen LogP contribution in [0, 0.1) is 11.6 Å². The summed E-state index contributed by atoms with van der Waals surface area (Å²) >= 11 is 5.08. The number of hydrazine groups is 1. The maximum atomic E-state index is 13.4. The van der Waals surface area contributed by atoms with Crippen molar-refractivity contribution in [2.45, 2.75) is 6.92 Å². The summed E-state index contributed by atoms with van der Waals surface area (Å²) in [6.07, 6.45) is 0. The van der Waals surface area contributed by atoms with Crippen LogP contribution in [-0.4, -0.2) is 11.7 Å². The Morgan fingerprint density at radius 2 is 1.86 bits per heavy atom. The van der Waals surface area contributed by atoms with E-state index >= 15 is 0 Å². The second-order valence-corrected chi connectivity index (χ2v) is 4.69. The number of nitrogens with one attached hydrogen (secondary N) is 3. The molecule has 2 aromatic carbocycles. The number of halogens is 2. The molecule has 0 saturated heterocycles. The number of thiocarbonyl (C=S) groups is 1. The zero-order valence-electron chi connectivity index (χ0n) is 11.8. The van der Waals surface area contributed by atoms with Crippen molar-refractivity contribution >= 4 is 28.7 Å². The predicted molar refractivity (Wildman–Crippen MR) is 86.9 cm³/mol. The lowest BCUT2D eigenvalue weighted by Gasteiger charge is -2.13. The fourth-order valence-corrected chi connectivity index (χ4v) is 1.85. The molecule has 0 spiro atoms. The molecule has 0 saturated carbocycles. The molecule has 0 heterocycles. The van der Waals surface area contributed by atoms with E-state index in [4.69, 9.17) is 17.0 Å². The van der Waals surface area contributed by atoms with E-state index in [9.17, 15) is 8.78 Å². The van der Waals surface area contributed by atoms with E-state index in [1.807, 2.05) is 19.1 Å². The Balaban J connectivity index is 1.87. The lowest BCUT2D eigenvalue weighted by Crippen LogP contribution is -2.33. The summed E-state index contributed by atoms with van der Waals surface area (Å²) < 4.78 is 31.5. The predicted octanol–water partition coefficient (Wildman–Crippen LogP) is 3.68. The Kier molecular flexibility index (Phi) is 5.48. The highest BCUT2D eigenvalue weighted by Crippen LogP contribution is 2.16. The van der Waals surface area contributed by atoms with Gasteiger partial charge in [-0.05, 0) is 55.5 Å². The van der Waals surface area contributed by atoms with Crippen LogP contribution in [0.3, 0.4) is 0 Å². The average Bonchev–Trinajstić information content (AvgIpc) is 2.49. The van der Waals surface area contributed by atoms with Crippen molar-refractivity contribution in [1.82, 2.24) is 5.43 Å². The van der Waals surface area contributed by atoms with Crippen molar-refractivity contribution in [3.63, 3.8) is 0 Å². The summed E-state index contributed by atoms with van der Waals surface area (Å²) in [7, 11) is 0. The van der Waals surface area contributed by atoms with Gasteiger partial charge >= 0.3 is 0 Å². The van der Waals surface area contributed by atoms with Crippen LogP contribution >= 0.6 is 12.2 Å². The summed E-state index contributed by atoms with van der Waals surface area (Å²) in [5.41, 5.74) is 6.04. The number of rotatable bonds is 5. The fraction of sp³-hybridized carbons (Fsp3) is 0.133. The van der Waals surface area contributed by atoms with Gasteiger partial charge in [0.05, 0.1) is 12.3 Å². The highest BCUT2D eigenvalue weighted by atomic mass is 32.1. The van der Waals surface area contributed by atoms with Crippen LogP contribution in [0.2, 0.25) is 0 Å². The SMILES string of the molecule is CCOc1ccc(NC(=S)NNc2ccc(F)cc2F)cc1. The average molecular weight is 323 g/mol. The third-order valence-electron chi connectivity index (χ3n) is 2.67. The Morgan fingerprint density at radius 1 is 1.14 bits per heavy atom. The van der Waals surface area contributed by atoms with Crippen LogP contribution in [0.25, 0.3) is 0 Å². The van der Waals surface area contributed by atoms with Gasteiger partial charge in [0, 0.05) is 11.8 Å². The molecule has 0 radical (unpaired) electrons. The van der Waals surface area contributed by atoms with E-state index in [0.29, 0.717) is 6.61 Å². The lowest BCUT2D eigenvalue weighted by molar-refractivity contribution is 0.340. The molecule has 0 aliphatic heterocycles. The lowest BCUT2D eigenvalue weighted by atomic mass is 10.3. The van der Waals surface area contributed by atoms with Crippen molar-refractivity contribution in [3.8, 4) is 5.75 Å². The van der Waals surface area contributed by atoms with Gasteiger partial charge in [-0.1, -0.05) is 0 Å². The number of ether oxygens (including phenoxy) is 1. The molecule has 4 nitrogen and oxygen atoms in total. The molecular weight excluding hydrogens is 308 g/mol. The van der Waals surface area contributed by atoms with E-state index in [0.717, 1.165) is 23.6 Å². The van der Waals surface area contributed by atoms with Crippen LogP contribution in [0.4, 0.5) is 20.2 Å². The second kappa shape index (κ2) is 7.56. The van der Waals surface area contributed by atoms with E-state index in [2.05, 4.69) is 16.2 Å². The molecule has 7 heteroatoms. The minimum absolute atomic E-state index is 0.0947.